The molecular weight excluding hydrogens is 250 g/mol. The molecule has 0 spiro atoms. The summed E-state index contributed by atoms with van der Waals surface area (Å²) in [6, 6.07) is 5.52. The molecule has 0 radical (unpaired) electrons. The maximum absolute atomic E-state index is 12.2. The van der Waals surface area contributed by atoms with E-state index in [-0.39, 0.29) is 11.9 Å². The van der Waals surface area contributed by atoms with E-state index in [4.69, 9.17) is 16.3 Å². The second-order valence-electron chi connectivity index (χ2n) is 4.80. The van der Waals surface area contributed by atoms with Gasteiger partial charge in [0.2, 0.25) is 0 Å². The van der Waals surface area contributed by atoms with E-state index < -0.39 is 0 Å². The van der Waals surface area contributed by atoms with Crippen LogP contribution >= 0.6 is 11.6 Å². The van der Waals surface area contributed by atoms with Gasteiger partial charge in [0.15, 0.2) is 0 Å². The Bertz CT molecular complexity index is 441. The second-order valence-corrected chi connectivity index (χ2v) is 5.21. The van der Waals surface area contributed by atoms with Gasteiger partial charge in [-0.25, -0.2) is 0 Å². The van der Waals surface area contributed by atoms with E-state index in [1.807, 2.05) is 13.8 Å². The molecule has 2 unspecified atom stereocenters. The molecule has 1 aliphatic rings. The predicted molar refractivity (Wildman–Crippen MR) is 72.0 cm³/mol. The van der Waals surface area contributed by atoms with Crippen LogP contribution in [-0.2, 0) is 4.74 Å². The molecule has 1 saturated heterocycles. The summed E-state index contributed by atoms with van der Waals surface area (Å²) in [4.78, 5) is 12.2. The highest BCUT2D eigenvalue weighted by Crippen LogP contribution is 2.20. The number of rotatable bonds is 3. The summed E-state index contributed by atoms with van der Waals surface area (Å²) in [7, 11) is 0. The van der Waals surface area contributed by atoms with E-state index in [1.54, 1.807) is 18.2 Å². The van der Waals surface area contributed by atoms with Crippen molar-refractivity contribution in [2.75, 3.05) is 13.2 Å². The molecule has 18 heavy (non-hydrogen) atoms. The van der Waals surface area contributed by atoms with Crippen LogP contribution in [0.3, 0.4) is 0 Å². The number of carbonyl (C=O) groups excluding carboxylic acids is 1. The summed E-state index contributed by atoms with van der Waals surface area (Å²) in [5.74, 6) is 0.350. The Balaban J connectivity index is 2.05. The summed E-state index contributed by atoms with van der Waals surface area (Å²) in [5.41, 5.74) is 1.47. The molecule has 3 nitrogen and oxygen atoms in total. The van der Waals surface area contributed by atoms with Crippen LogP contribution in [0.15, 0.2) is 18.2 Å². The molecule has 4 heteroatoms. The molecule has 1 amide bonds. The number of nitrogens with one attached hydrogen (secondary N) is 1. The SMILES string of the molecule is Cc1c(Cl)cccc1C(=O)NC(C)C1CCOC1. The lowest BCUT2D eigenvalue weighted by Crippen LogP contribution is -2.38. The molecule has 2 rings (SSSR count). The fraction of sp³-hybridized carbons (Fsp3) is 0.500. The molecule has 1 aromatic rings. The van der Waals surface area contributed by atoms with E-state index in [0.29, 0.717) is 16.5 Å². The summed E-state index contributed by atoms with van der Waals surface area (Å²) >= 11 is 6.02. The first-order chi connectivity index (χ1) is 8.59. The zero-order valence-electron chi connectivity index (χ0n) is 10.7. The lowest BCUT2D eigenvalue weighted by molar-refractivity contribution is 0.0921. The zero-order valence-corrected chi connectivity index (χ0v) is 11.5. The van der Waals surface area contributed by atoms with E-state index in [9.17, 15) is 4.79 Å². The van der Waals surface area contributed by atoms with Crippen LogP contribution in [0.1, 0.15) is 29.3 Å². The first-order valence-corrected chi connectivity index (χ1v) is 6.61. The summed E-state index contributed by atoms with van der Waals surface area (Å²) in [6.07, 6.45) is 1.01. The Morgan fingerprint density at radius 3 is 3.00 bits per heavy atom. The van der Waals surface area contributed by atoms with Crippen molar-refractivity contribution in [2.45, 2.75) is 26.3 Å². The number of hydrogen-bond donors (Lipinski definition) is 1. The minimum absolute atomic E-state index is 0.0607. The van der Waals surface area contributed by atoms with Gasteiger partial charge in [-0.3, -0.25) is 4.79 Å². The highest BCUT2D eigenvalue weighted by molar-refractivity contribution is 6.31. The molecule has 1 heterocycles. The molecule has 1 aromatic carbocycles. The number of amides is 1. The van der Waals surface area contributed by atoms with E-state index >= 15 is 0 Å². The van der Waals surface area contributed by atoms with Crippen LogP contribution in [0.2, 0.25) is 5.02 Å². The zero-order chi connectivity index (χ0) is 13.1. The van der Waals surface area contributed by atoms with E-state index in [2.05, 4.69) is 5.32 Å². The predicted octanol–water partition coefficient (Wildman–Crippen LogP) is 2.80. The number of ether oxygens (including phenoxy) is 1. The second kappa shape index (κ2) is 5.72. The number of hydrogen-bond acceptors (Lipinski definition) is 2. The third-order valence-corrected chi connectivity index (χ3v) is 3.95. The van der Waals surface area contributed by atoms with Crippen LogP contribution in [-0.4, -0.2) is 25.2 Å². The van der Waals surface area contributed by atoms with Gasteiger partial charge >= 0.3 is 0 Å². The normalized spacial score (nSPS) is 20.7. The third-order valence-electron chi connectivity index (χ3n) is 3.54. The van der Waals surface area contributed by atoms with Gasteiger partial charge in [0.25, 0.3) is 5.91 Å². The Morgan fingerprint density at radius 2 is 2.33 bits per heavy atom. The first-order valence-electron chi connectivity index (χ1n) is 6.23. The van der Waals surface area contributed by atoms with Crippen LogP contribution in [0, 0.1) is 12.8 Å². The third kappa shape index (κ3) is 2.85. The molecule has 0 saturated carbocycles. The molecule has 1 aliphatic heterocycles. The largest absolute Gasteiger partial charge is 0.381 e. The Morgan fingerprint density at radius 1 is 1.56 bits per heavy atom. The van der Waals surface area contributed by atoms with Crippen molar-refractivity contribution in [1.29, 1.82) is 0 Å². The van der Waals surface area contributed by atoms with Crippen LogP contribution in [0.25, 0.3) is 0 Å². The molecule has 98 valence electrons. The lowest BCUT2D eigenvalue weighted by Gasteiger charge is -2.20. The molecular formula is C14H18ClNO2. The van der Waals surface area contributed by atoms with Gasteiger partial charge in [-0.15, -0.1) is 0 Å². The summed E-state index contributed by atoms with van der Waals surface area (Å²) < 4.78 is 5.34. The molecule has 0 aliphatic carbocycles. The minimum atomic E-state index is -0.0607. The van der Waals surface area contributed by atoms with Gasteiger partial charge in [0, 0.05) is 29.2 Å². The van der Waals surface area contributed by atoms with Crippen molar-refractivity contribution in [3.05, 3.63) is 34.3 Å². The van der Waals surface area contributed by atoms with Crippen molar-refractivity contribution in [2.24, 2.45) is 5.92 Å². The fourth-order valence-corrected chi connectivity index (χ4v) is 2.38. The van der Waals surface area contributed by atoms with Crippen molar-refractivity contribution in [3.63, 3.8) is 0 Å². The molecule has 0 aromatic heterocycles. The number of halogens is 1. The summed E-state index contributed by atoms with van der Waals surface area (Å²) in [6.45, 7) is 5.41. The monoisotopic (exact) mass is 267 g/mol. The van der Waals surface area contributed by atoms with Gasteiger partial charge in [-0.05, 0) is 38.0 Å². The molecule has 2 atom stereocenters. The van der Waals surface area contributed by atoms with Crippen molar-refractivity contribution in [3.8, 4) is 0 Å². The van der Waals surface area contributed by atoms with Crippen LogP contribution in [0.5, 0.6) is 0 Å². The number of benzene rings is 1. The molecule has 1 fully saturated rings. The van der Waals surface area contributed by atoms with Crippen molar-refractivity contribution >= 4 is 17.5 Å². The maximum atomic E-state index is 12.2. The molecule has 0 bridgehead atoms. The summed E-state index contributed by atoms with van der Waals surface area (Å²) in [5, 5.41) is 3.65. The van der Waals surface area contributed by atoms with Gasteiger partial charge in [0.1, 0.15) is 0 Å². The highest BCUT2D eigenvalue weighted by atomic mass is 35.5. The van der Waals surface area contributed by atoms with Gasteiger partial charge in [0.05, 0.1) is 6.61 Å². The Hall–Kier alpha value is -1.06. The smallest absolute Gasteiger partial charge is 0.251 e. The van der Waals surface area contributed by atoms with Gasteiger partial charge in [-0.1, -0.05) is 17.7 Å². The number of carbonyl (C=O) groups is 1. The standard InChI is InChI=1S/C14H18ClNO2/c1-9-12(4-3-5-13(9)15)14(17)16-10(2)11-6-7-18-8-11/h3-5,10-11H,6-8H2,1-2H3,(H,16,17). The van der Waals surface area contributed by atoms with Crippen LogP contribution < -0.4 is 5.32 Å². The lowest BCUT2D eigenvalue weighted by atomic mass is 10.00. The average Bonchev–Trinajstić information content (AvgIpc) is 2.86. The first kappa shape index (κ1) is 13.4. The van der Waals surface area contributed by atoms with Crippen LogP contribution in [0.4, 0.5) is 0 Å². The van der Waals surface area contributed by atoms with Crippen molar-refractivity contribution in [1.82, 2.24) is 5.32 Å². The highest BCUT2D eigenvalue weighted by Gasteiger charge is 2.24. The fourth-order valence-electron chi connectivity index (χ4n) is 2.20. The van der Waals surface area contributed by atoms with Gasteiger partial charge in [-0.2, -0.15) is 0 Å². The molecule has 1 N–H and O–H groups in total. The maximum Gasteiger partial charge on any atom is 0.251 e. The topological polar surface area (TPSA) is 38.3 Å². The van der Waals surface area contributed by atoms with Gasteiger partial charge < -0.3 is 10.1 Å². The quantitative estimate of drug-likeness (QED) is 0.915. The van der Waals surface area contributed by atoms with E-state index in [1.165, 1.54) is 0 Å². The Labute approximate surface area is 112 Å². The minimum Gasteiger partial charge on any atom is -0.381 e. The van der Waals surface area contributed by atoms with E-state index in [0.717, 1.165) is 25.2 Å². The Kier molecular flexibility index (Phi) is 4.25. The van der Waals surface area contributed by atoms with Crippen molar-refractivity contribution < 1.29 is 9.53 Å². The average molecular weight is 268 g/mol.